The molecule has 0 saturated heterocycles. The summed E-state index contributed by atoms with van der Waals surface area (Å²) >= 11 is 5.98. The quantitative estimate of drug-likeness (QED) is 0.692. The largest absolute Gasteiger partial charge is 0.497 e. The molecule has 0 unspecified atom stereocenters. The van der Waals surface area contributed by atoms with Crippen LogP contribution < -0.4 is 15.4 Å². The highest BCUT2D eigenvalue weighted by Gasteiger charge is 2.01. The second-order valence-corrected chi connectivity index (χ2v) is 5.54. The van der Waals surface area contributed by atoms with Gasteiger partial charge in [-0.25, -0.2) is 4.98 Å². The molecule has 0 radical (unpaired) electrons. The summed E-state index contributed by atoms with van der Waals surface area (Å²) in [4.78, 5) is 8.67. The number of nitrogens with zero attached hydrogens (tertiary/aromatic N) is 2. The topological polar surface area (TPSA) is 59.1 Å². The summed E-state index contributed by atoms with van der Waals surface area (Å²) in [7, 11) is 1.66. The minimum atomic E-state index is 0.511. The highest BCUT2D eigenvalue weighted by Crippen LogP contribution is 2.19. The van der Waals surface area contributed by atoms with E-state index in [-0.39, 0.29) is 0 Å². The first-order valence-corrected chi connectivity index (χ1v) is 7.83. The molecule has 2 aromatic carbocycles. The minimum Gasteiger partial charge on any atom is -0.497 e. The summed E-state index contributed by atoms with van der Waals surface area (Å²) in [6.45, 7) is 0.664. The molecule has 0 saturated carbocycles. The number of nitrogens with one attached hydrogen (secondary N) is 2. The maximum Gasteiger partial charge on any atom is 0.229 e. The zero-order chi connectivity index (χ0) is 16.8. The van der Waals surface area contributed by atoms with Crippen LogP contribution >= 0.6 is 11.6 Å². The number of hydrogen-bond donors (Lipinski definition) is 2. The van der Waals surface area contributed by atoms with E-state index < -0.39 is 0 Å². The molecule has 1 aromatic heterocycles. The van der Waals surface area contributed by atoms with Crippen LogP contribution in [0.4, 0.5) is 17.5 Å². The van der Waals surface area contributed by atoms with Gasteiger partial charge >= 0.3 is 0 Å². The van der Waals surface area contributed by atoms with Crippen LogP contribution in [-0.4, -0.2) is 17.1 Å². The number of methoxy groups -OCH3 is 1. The fourth-order valence-electron chi connectivity index (χ4n) is 2.15. The molecule has 0 fully saturated rings. The summed E-state index contributed by atoms with van der Waals surface area (Å²) < 4.78 is 5.15. The molecule has 3 rings (SSSR count). The Morgan fingerprint density at radius 3 is 2.67 bits per heavy atom. The predicted octanol–water partition coefficient (Wildman–Crippen LogP) is 4.49. The average Bonchev–Trinajstić information content (AvgIpc) is 2.61. The normalized spacial score (nSPS) is 10.2. The van der Waals surface area contributed by atoms with E-state index in [1.807, 2.05) is 54.6 Å². The van der Waals surface area contributed by atoms with E-state index in [9.17, 15) is 0 Å². The lowest BCUT2D eigenvalue weighted by molar-refractivity contribution is 0.414. The van der Waals surface area contributed by atoms with Gasteiger partial charge in [-0.2, -0.15) is 4.98 Å². The van der Waals surface area contributed by atoms with Crippen LogP contribution in [-0.2, 0) is 6.54 Å². The molecule has 0 aliphatic carbocycles. The maximum absolute atomic E-state index is 5.98. The molecule has 5 nitrogen and oxygen atoms in total. The third kappa shape index (κ3) is 4.36. The van der Waals surface area contributed by atoms with Crippen molar-refractivity contribution in [3.8, 4) is 5.75 Å². The zero-order valence-electron chi connectivity index (χ0n) is 13.2. The van der Waals surface area contributed by atoms with E-state index in [0.717, 1.165) is 22.8 Å². The maximum atomic E-state index is 5.98. The predicted molar refractivity (Wildman–Crippen MR) is 97.1 cm³/mol. The standard InChI is InChI=1S/C18H17ClN4O/c1-24-16-7-5-13(6-8-16)12-21-17-9-10-20-18(23-17)22-15-4-2-3-14(19)11-15/h2-11H,12H2,1H3,(H2,20,21,22,23). The van der Waals surface area contributed by atoms with Gasteiger partial charge in [0.2, 0.25) is 5.95 Å². The Balaban J connectivity index is 1.64. The number of ether oxygens (including phenoxy) is 1. The van der Waals surface area contributed by atoms with Crippen molar-refractivity contribution >= 4 is 29.1 Å². The van der Waals surface area contributed by atoms with Crippen LogP contribution in [0.25, 0.3) is 0 Å². The van der Waals surface area contributed by atoms with Gasteiger partial charge in [-0.05, 0) is 42.0 Å². The van der Waals surface area contributed by atoms with Gasteiger partial charge in [0.25, 0.3) is 0 Å². The Kier molecular flexibility index (Phi) is 5.13. The zero-order valence-corrected chi connectivity index (χ0v) is 13.9. The number of anilines is 3. The molecule has 0 aliphatic heterocycles. The lowest BCUT2D eigenvalue weighted by Crippen LogP contribution is -2.04. The van der Waals surface area contributed by atoms with Crippen molar-refractivity contribution in [2.45, 2.75) is 6.54 Å². The van der Waals surface area contributed by atoms with E-state index in [2.05, 4.69) is 20.6 Å². The van der Waals surface area contributed by atoms with Crippen molar-refractivity contribution in [3.05, 3.63) is 71.4 Å². The molecular formula is C18H17ClN4O. The molecule has 0 bridgehead atoms. The van der Waals surface area contributed by atoms with Gasteiger partial charge in [-0.3, -0.25) is 0 Å². The van der Waals surface area contributed by atoms with E-state index in [4.69, 9.17) is 16.3 Å². The van der Waals surface area contributed by atoms with Gasteiger partial charge < -0.3 is 15.4 Å². The van der Waals surface area contributed by atoms with Crippen LogP contribution in [0.3, 0.4) is 0 Å². The van der Waals surface area contributed by atoms with Crippen LogP contribution in [0.1, 0.15) is 5.56 Å². The molecule has 122 valence electrons. The minimum absolute atomic E-state index is 0.511. The van der Waals surface area contributed by atoms with Gasteiger partial charge in [0.05, 0.1) is 7.11 Å². The molecule has 3 aromatic rings. The highest BCUT2D eigenvalue weighted by atomic mass is 35.5. The second-order valence-electron chi connectivity index (χ2n) is 5.10. The van der Waals surface area contributed by atoms with E-state index >= 15 is 0 Å². The summed E-state index contributed by atoms with van der Waals surface area (Å²) in [6, 6.07) is 17.1. The Bertz CT molecular complexity index is 808. The van der Waals surface area contributed by atoms with Gasteiger partial charge in [0, 0.05) is 23.5 Å². The third-order valence-corrected chi connectivity index (χ3v) is 3.60. The SMILES string of the molecule is COc1ccc(CNc2ccnc(Nc3cccc(Cl)c3)n2)cc1. The molecule has 2 N–H and O–H groups in total. The van der Waals surface area contributed by atoms with Crippen LogP contribution in [0, 0.1) is 0 Å². The summed E-state index contributed by atoms with van der Waals surface area (Å²) in [5.41, 5.74) is 1.98. The molecule has 24 heavy (non-hydrogen) atoms. The monoisotopic (exact) mass is 340 g/mol. The average molecular weight is 341 g/mol. The van der Waals surface area contributed by atoms with Gasteiger partial charge in [0.1, 0.15) is 11.6 Å². The Hall–Kier alpha value is -2.79. The van der Waals surface area contributed by atoms with Crippen LogP contribution in [0.5, 0.6) is 5.75 Å². The molecule has 1 heterocycles. The number of rotatable bonds is 6. The molecule has 0 spiro atoms. The first kappa shape index (κ1) is 16.1. The van der Waals surface area contributed by atoms with Crippen molar-refractivity contribution in [2.24, 2.45) is 0 Å². The van der Waals surface area contributed by atoms with Crippen LogP contribution in [0.2, 0.25) is 5.02 Å². The van der Waals surface area contributed by atoms with E-state index in [0.29, 0.717) is 17.5 Å². The van der Waals surface area contributed by atoms with Crippen molar-refractivity contribution in [1.29, 1.82) is 0 Å². The Morgan fingerprint density at radius 1 is 1.08 bits per heavy atom. The summed E-state index contributed by atoms with van der Waals surface area (Å²) in [6.07, 6.45) is 1.70. The highest BCUT2D eigenvalue weighted by molar-refractivity contribution is 6.30. The fourth-order valence-corrected chi connectivity index (χ4v) is 2.34. The summed E-state index contributed by atoms with van der Waals surface area (Å²) in [5, 5.41) is 7.07. The number of aromatic nitrogens is 2. The van der Waals surface area contributed by atoms with Gasteiger partial charge in [0.15, 0.2) is 0 Å². The Morgan fingerprint density at radius 2 is 1.92 bits per heavy atom. The first-order valence-electron chi connectivity index (χ1n) is 7.45. The third-order valence-electron chi connectivity index (χ3n) is 3.37. The van der Waals surface area contributed by atoms with E-state index in [1.165, 1.54) is 0 Å². The van der Waals surface area contributed by atoms with Crippen molar-refractivity contribution < 1.29 is 4.74 Å². The van der Waals surface area contributed by atoms with Crippen molar-refractivity contribution in [3.63, 3.8) is 0 Å². The Labute approximate surface area is 145 Å². The van der Waals surface area contributed by atoms with Crippen molar-refractivity contribution in [2.75, 3.05) is 17.7 Å². The molecule has 0 aliphatic rings. The van der Waals surface area contributed by atoms with Gasteiger partial charge in [-0.15, -0.1) is 0 Å². The fraction of sp³-hybridized carbons (Fsp3) is 0.111. The number of benzene rings is 2. The first-order chi connectivity index (χ1) is 11.7. The molecule has 0 amide bonds. The van der Waals surface area contributed by atoms with E-state index in [1.54, 1.807) is 13.3 Å². The smallest absolute Gasteiger partial charge is 0.229 e. The van der Waals surface area contributed by atoms with Gasteiger partial charge in [-0.1, -0.05) is 29.8 Å². The molecule has 6 heteroatoms. The lowest BCUT2D eigenvalue weighted by atomic mass is 10.2. The number of hydrogen-bond acceptors (Lipinski definition) is 5. The number of halogens is 1. The molecule has 0 atom stereocenters. The lowest BCUT2D eigenvalue weighted by Gasteiger charge is -2.09. The van der Waals surface area contributed by atoms with Crippen molar-refractivity contribution in [1.82, 2.24) is 9.97 Å². The summed E-state index contributed by atoms with van der Waals surface area (Å²) in [5.74, 6) is 2.09. The molecular weight excluding hydrogens is 324 g/mol. The van der Waals surface area contributed by atoms with Crippen LogP contribution in [0.15, 0.2) is 60.8 Å². The second kappa shape index (κ2) is 7.66.